The number of nitrogens with one attached hydrogen (secondary N) is 1. The second-order valence-corrected chi connectivity index (χ2v) is 9.67. The molecule has 2 heterocycles. The van der Waals surface area contributed by atoms with Crippen LogP contribution >= 0.6 is 0 Å². The van der Waals surface area contributed by atoms with E-state index < -0.39 is 17.8 Å². The first-order valence-corrected chi connectivity index (χ1v) is 11.4. The van der Waals surface area contributed by atoms with Gasteiger partial charge in [0.15, 0.2) is 0 Å². The minimum absolute atomic E-state index is 0.0444. The average molecular weight is 446 g/mol. The molecule has 6 heteroatoms. The molecule has 1 atom stereocenters. The van der Waals surface area contributed by atoms with Crippen molar-refractivity contribution in [1.82, 2.24) is 5.32 Å². The minimum atomic E-state index is -0.729. The summed E-state index contributed by atoms with van der Waals surface area (Å²) >= 11 is 0. The molecule has 2 aliphatic heterocycles. The van der Waals surface area contributed by atoms with Crippen molar-refractivity contribution in [2.75, 3.05) is 16.3 Å². The van der Waals surface area contributed by atoms with Gasteiger partial charge in [0.05, 0.1) is 5.69 Å². The van der Waals surface area contributed by atoms with Crippen molar-refractivity contribution in [3.63, 3.8) is 0 Å². The summed E-state index contributed by atoms with van der Waals surface area (Å²) in [5.74, 6) is -0.938. The van der Waals surface area contributed by atoms with Crippen LogP contribution in [0, 0.1) is 13.8 Å². The number of carbonyl (C=O) groups excluding carboxylic acids is 3. The first-order chi connectivity index (χ1) is 15.5. The number of hydrogen-bond donors (Lipinski definition) is 1. The SMILES string of the molecule is CCN1c2cc(C)c(/C=C3\C(=O)NC(=O)N(c4ccccc4C)C3=O)cc2[C@H](C)CC1(C)C. The summed E-state index contributed by atoms with van der Waals surface area (Å²) in [6, 6.07) is 10.6. The molecular weight excluding hydrogens is 414 g/mol. The molecule has 2 aromatic rings. The van der Waals surface area contributed by atoms with Gasteiger partial charge in [0.2, 0.25) is 0 Å². The quantitative estimate of drug-likeness (QED) is 0.528. The Kier molecular flexibility index (Phi) is 5.64. The third kappa shape index (κ3) is 3.84. The Hall–Kier alpha value is -3.41. The number of barbiturate groups is 1. The summed E-state index contributed by atoms with van der Waals surface area (Å²) in [4.78, 5) is 42.0. The lowest BCUT2D eigenvalue weighted by Crippen LogP contribution is -2.54. The van der Waals surface area contributed by atoms with Gasteiger partial charge < -0.3 is 4.90 Å². The zero-order valence-corrected chi connectivity index (χ0v) is 20.2. The fourth-order valence-electron chi connectivity index (χ4n) is 5.25. The van der Waals surface area contributed by atoms with Crippen molar-refractivity contribution in [3.8, 4) is 0 Å². The summed E-state index contributed by atoms with van der Waals surface area (Å²) in [5.41, 5.74) is 5.46. The number of fused-ring (bicyclic) bond motifs is 1. The van der Waals surface area contributed by atoms with E-state index in [9.17, 15) is 14.4 Å². The number of urea groups is 1. The number of rotatable bonds is 3. The number of amides is 4. The Morgan fingerprint density at radius 1 is 1.06 bits per heavy atom. The maximum atomic E-state index is 13.3. The molecule has 0 saturated carbocycles. The Bertz CT molecular complexity index is 1200. The summed E-state index contributed by atoms with van der Waals surface area (Å²) < 4.78 is 0. The molecule has 6 nitrogen and oxygen atoms in total. The van der Waals surface area contributed by atoms with Gasteiger partial charge in [-0.2, -0.15) is 0 Å². The monoisotopic (exact) mass is 445 g/mol. The van der Waals surface area contributed by atoms with Crippen LogP contribution in [0.25, 0.3) is 6.08 Å². The molecule has 0 aliphatic carbocycles. The fourth-order valence-corrected chi connectivity index (χ4v) is 5.25. The largest absolute Gasteiger partial charge is 0.366 e. The number of para-hydroxylation sites is 1. The topological polar surface area (TPSA) is 69.7 Å². The van der Waals surface area contributed by atoms with Crippen molar-refractivity contribution >= 4 is 35.3 Å². The molecule has 2 aliphatic rings. The zero-order chi connectivity index (χ0) is 24.1. The average Bonchev–Trinajstić information content (AvgIpc) is 2.72. The van der Waals surface area contributed by atoms with Crippen LogP contribution in [0.4, 0.5) is 16.2 Å². The molecule has 0 spiro atoms. The second kappa shape index (κ2) is 8.18. The molecule has 0 unspecified atom stereocenters. The number of aryl methyl sites for hydroxylation is 2. The van der Waals surface area contributed by atoms with E-state index in [1.54, 1.807) is 18.2 Å². The number of imide groups is 2. The Morgan fingerprint density at radius 3 is 2.42 bits per heavy atom. The van der Waals surface area contributed by atoms with Crippen molar-refractivity contribution in [2.45, 2.75) is 59.4 Å². The molecule has 1 saturated heterocycles. The normalized spacial score (nSPS) is 21.3. The number of benzene rings is 2. The molecule has 0 aromatic heterocycles. The predicted octanol–water partition coefficient (Wildman–Crippen LogP) is 5.08. The lowest BCUT2D eigenvalue weighted by molar-refractivity contribution is -0.122. The van der Waals surface area contributed by atoms with Crippen LogP contribution in [0.5, 0.6) is 0 Å². The first kappa shape index (κ1) is 22.8. The molecule has 2 aromatic carbocycles. The van der Waals surface area contributed by atoms with Gasteiger partial charge in [-0.05, 0) is 93.5 Å². The van der Waals surface area contributed by atoms with E-state index in [0.717, 1.165) is 34.6 Å². The third-order valence-electron chi connectivity index (χ3n) is 6.85. The molecule has 1 fully saturated rings. The van der Waals surface area contributed by atoms with Crippen LogP contribution in [0.15, 0.2) is 42.0 Å². The number of hydrogen-bond acceptors (Lipinski definition) is 4. The van der Waals surface area contributed by atoms with E-state index >= 15 is 0 Å². The molecule has 1 N–H and O–H groups in total. The highest BCUT2D eigenvalue weighted by Crippen LogP contribution is 2.44. The van der Waals surface area contributed by atoms with Gasteiger partial charge in [0.25, 0.3) is 11.8 Å². The van der Waals surface area contributed by atoms with Crippen molar-refractivity contribution in [1.29, 1.82) is 0 Å². The van der Waals surface area contributed by atoms with Crippen LogP contribution in [0.1, 0.15) is 62.3 Å². The van der Waals surface area contributed by atoms with Gasteiger partial charge in [-0.1, -0.05) is 25.1 Å². The van der Waals surface area contributed by atoms with E-state index in [0.29, 0.717) is 11.6 Å². The van der Waals surface area contributed by atoms with E-state index in [-0.39, 0.29) is 11.1 Å². The molecule has 4 amide bonds. The Balaban J connectivity index is 1.79. The summed E-state index contributed by atoms with van der Waals surface area (Å²) in [7, 11) is 0. The molecule has 4 rings (SSSR count). The smallest absolute Gasteiger partial charge is 0.335 e. The highest BCUT2D eigenvalue weighted by molar-refractivity contribution is 6.39. The molecule has 172 valence electrons. The standard InChI is InChI=1S/C27H31N3O3/c1-7-29-23-12-17(3)19(13-20(23)18(4)15-27(29,5)6)14-21-24(31)28-26(33)30(25(21)32)22-11-9-8-10-16(22)2/h8-14,18H,7,15H2,1-6H3,(H,28,31,33)/b21-14+/t18-/m1/s1. The number of nitrogens with zero attached hydrogens (tertiary/aromatic N) is 2. The van der Waals surface area contributed by atoms with Crippen molar-refractivity contribution in [2.24, 2.45) is 0 Å². The summed E-state index contributed by atoms with van der Waals surface area (Å²) in [5, 5.41) is 2.32. The predicted molar refractivity (Wildman–Crippen MR) is 131 cm³/mol. The summed E-state index contributed by atoms with van der Waals surface area (Å²) in [6.45, 7) is 13.6. The lowest BCUT2D eigenvalue weighted by atomic mass is 9.79. The number of carbonyl (C=O) groups is 3. The van der Waals surface area contributed by atoms with Gasteiger partial charge in [-0.3, -0.25) is 14.9 Å². The minimum Gasteiger partial charge on any atom is -0.366 e. The first-order valence-electron chi connectivity index (χ1n) is 11.4. The molecule has 0 radical (unpaired) electrons. The third-order valence-corrected chi connectivity index (χ3v) is 6.85. The van der Waals surface area contributed by atoms with E-state index in [1.807, 2.05) is 26.0 Å². The van der Waals surface area contributed by atoms with Gasteiger partial charge in [-0.25, -0.2) is 9.69 Å². The van der Waals surface area contributed by atoms with Gasteiger partial charge in [-0.15, -0.1) is 0 Å². The summed E-state index contributed by atoms with van der Waals surface area (Å²) in [6.07, 6.45) is 2.63. The van der Waals surface area contributed by atoms with Gasteiger partial charge in [0.1, 0.15) is 5.57 Å². The van der Waals surface area contributed by atoms with Crippen molar-refractivity contribution < 1.29 is 14.4 Å². The molecule has 33 heavy (non-hydrogen) atoms. The Labute approximate surface area is 195 Å². The maximum Gasteiger partial charge on any atom is 0.335 e. The van der Waals surface area contributed by atoms with E-state index in [4.69, 9.17) is 0 Å². The van der Waals surface area contributed by atoms with Gasteiger partial charge >= 0.3 is 6.03 Å². The zero-order valence-electron chi connectivity index (χ0n) is 20.2. The van der Waals surface area contributed by atoms with E-state index in [1.165, 1.54) is 11.3 Å². The lowest BCUT2D eigenvalue weighted by Gasteiger charge is -2.47. The van der Waals surface area contributed by atoms with Crippen LogP contribution in [-0.4, -0.2) is 29.9 Å². The number of anilines is 2. The highest BCUT2D eigenvalue weighted by atomic mass is 16.2. The fraction of sp³-hybridized carbons (Fsp3) is 0.370. The van der Waals surface area contributed by atoms with E-state index in [2.05, 4.69) is 50.0 Å². The van der Waals surface area contributed by atoms with Crippen LogP contribution in [0.2, 0.25) is 0 Å². The Morgan fingerprint density at radius 2 is 1.76 bits per heavy atom. The van der Waals surface area contributed by atoms with Gasteiger partial charge in [0, 0.05) is 17.8 Å². The molecule has 0 bridgehead atoms. The maximum absolute atomic E-state index is 13.3. The van der Waals surface area contributed by atoms with Crippen molar-refractivity contribution in [3.05, 3.63) is 64.2 Å². The van der Waals surface area contributed by atoms with Crippen LogP contribution < -0.4 is 15.1 Å². The second-order valence-electron chi connectivity index (χ2n) is 9.67. The molecular formula is C27H31N3O3. The highest BCUT2D eigenvalue weighted by Gasteiger charge is 2.38. The van der Waals surface area contributed by atoms with Crippen LogP contribution in [-0.2, 0) is 9.59 Å². The van der Waals surface area contributed by atoms with Crippen LogP contribution in [0.3, 0.4) is 0 Å².